The first-order chi connectivity index (χ1) is 16.0. The molecule has 1 N–H and O–H groups in total. The van der Waals surface area contributed by atoms with E-state index in [4.69, 9.17) is 23.4 Å². The highest BCUT2D eigenvalue weighted by atomic mass is 16.6. The van der Waals surface area contributed by atoms with Crippen LogP contribution in [-0.4, -0.2) is 59.3 Å². The Kier molecular flexibility index (Phi) is 7.40. The number of aryl methyl sites for hydroxylation is 1. The van der Waals surface area contributed by atoms with Gasteiger partial charge in [0.1, 0.15) is 18.8 Å². The van der Waals surface area contributed by atoms with E-state index in [9.17, 15) is 24.0 Å². The monoisotopic (exact) mass is 478 g/mol. The SMILES string of the molecule is CC(=O)N[C@H]1[C@H](OC(C)=O)[C@@H](OC(C)=O)[C@@H](COC(C)=O)O[C@@H]1n1c(=O)oc2ccc(C)cc21. The highest BCUT2D eigenvalue weighted by molar-refractivity contribution is 5.75. The molecule has 1 fully saturated rings. The molecule has 1 saturated heterocycles. The van der Waals surface area contributed by atoms with E-state index in [0.29, 0.717) is 5.52 Å². The second kappa shape index (κ2) is 10.1. The Bertz CT molecular complexity index is 1170. The molecule has 0 aliphatic carbocycles. The molecule has 12 heteroatoms. The fourth-order valence-corrected chi connectivity index (χ4v) is 3.91. The fourth-order valence-electron chi connectivity index (χ4n) is 3.91. The van der Waals surface area contributed by atoms with Crippen molar-refractivity contribution >= 4 is 34.9 Å². The van der Waals surface area contributed by atoms with Crippen LogP contribution in [0.2, 0.25) is 0 Å². The summed E-state index contributed by atoms with van der Waals surface area (Å²) in [5.74, 6) is -3.39. The number of carbonyl (C=O) groups is 4. The maximum Gasteiger partial charge on any atom is 0.422 e. The molecule has 3 rings (SSSR count). The number of hydrogen-bond acceptors (Lipinski definition) is 10. The molecule has 12 nitrogen and oxygen atoms in total. The third-order valence-corrected chi connectivity index (χ3v) is 5.11. The van der Waals surface area contributed by atoms with E-state index in [1.54, 1.807) is 18.2 Å². The molecular formula is C22H26N2O10. The number of oxazole rings is 1. The number of esters is 3. The summed E-state index contributed by atoms with van der Waals surface area (Å²) in [7, 11) is 0. The minimum Gasteiger partial charge on any atom is -0.463 e. The molecule has 34 heavy (non-hydrogen) atoms. The number of aromatic nitrogens is 1. The lowest BCUT2D eigenvalue weighted by Gasteiger charge is -2.45. The molecule has 2 heterocycles. The number of nitrogens with zero attached hydrogens (tertiary/aromatic N) is 1. The van der Waals surface area contributed by atoms with Crippen LogP contribution in [0.3, 0.4) is 0 Å². The van der Waals surface area contributed by atoms with E-state index in [2.05, 4.69) is 5.32 Å². The first-order valence-electron chi connectivity index (χ1n) is 10.5. The van der Waals surface area contributed by atoms with Crippen LogP contribution in [0.25, 0.3) is 11.1 Å². The molecule has 1 aliphatic heterocycles. The van der Waals surface area contributed by atoms with Gasteiger partial charge in [0.15, 0.2) is 24.0 Å². The smallest absolute Gasteiger partial charge is 0.422 e. The van der Waals surface area contributed by atoms with Crippen LogP contribution in [0.15, 0.2) is 27.4 Å². The lowest BCUT2D eigenvalue weighted by molar-refractivity contribution is -0.237. The van der Waals surface area contributed by atoms with E-state index in [1.807, 2.05) is 6.92 Å². The lowest BCUT2D eigenvalue weighted by atomic mass is 9.94. The molecule has 0 bridgehead atoms. The van der Waals surface area contributed by atoms with Crippen molar-refractivity contribution in [2.45, 2.75) is 65.2 Å². The molecule has 0 radical (unpaired) electrons. The normalized spacial score (nSPS) is 24.3. The molecule has 1 aliphatic rings. The second-order valence-corrected chi connectivity index (χ2v) is 7.95. The molecule has 0 saturated carbocycles. The van der Waals surface area contributed by atoms with Crippen molar-refractivity contribution in [1.29, 1.82) is 0 Å². The van der Waals surface area contributed by atoms with Crippen molar-refractivity contribution in [2.75, 3.05) is 6.61 Å². The molecule has 5 atom stereocenters. The summed E-state index contributed by atoms with van der Waals surface area (Å²) in [6, 6.07) is 3.89. The van der Waals surface area contributed by atoms with Crippen molar-refractivity contribution < 1.29 is 42.5 Å². The number of ether oxygens (including phenoxy) is 4. The highest BCUT2D eigenvalue weighted by Gasteiger charge is 2.52. The topological polar surface area (TPSA) is 152 Å². The second-order valence-electron chi connectivity index (χ2n) is 7.95. The van der Waals surface area contributed by atoms with Gasteiger partial charge in [-0.3, -0.25) is 19.2 Å². The Morgan fingerprint density at radius 1 is 1.00 bits per heavy atom. The Morgan fingerprint density at radius 3 is 2.24 bits per heavy atom. The van der Waals surface area contributed by atoms with E-state index in [0.717, 1.165) is 19.4 Å². The minimum absolute atomic E-state index is 0.267. The predicted octanol–water partition coefficient (Wildman–Crippen LogP) is 0.732. The average molecular weight is 478 g/mol. The molecule has 1 aromatic carbocycles. The first-order valence-corrected chi connectivity index (χ1v) is 10.5. The van der Waals surface area contributed by atoms with Crippen LogP contribution in [0, 0.1) is 6.92 Å². The van der Waals surface area contributed by atoms with Gasteiger partial charge in [0.05, 0.1) is 5.52 Å². The van der Waals surface area contributed by atoms with Gasteiger partial charge in [-0.25, -0.2) is 9.36 Å². The summed E-state index contributed by atoms with van der Waals surface area (Å²) in [5.41, 5.74) is 1.45. The van der Waals surface area contributed by atoms with E-state index in [-0.39, 0.29) is 12.2 Å². The summed E-state index contributed by atoms with van der Waals surface area (Å²) in [6.45, 7) is 6.14. The number of fused-ring (bicyclic) bond motifs is 1. The van der Waals surface area contributed by atoms with Gasteiger partial charge in [-0.2, -0.15) is 0 Å². The number of rotatable bonds is 6. The van der Waals surface area contributed by atoms with E-state index >= 15 is 0 Å². The Hall–Kier alpha value is -3.67. The summed E-state index contributed by atoms with van der Waals surface area (Å²) in [5, 5.41) is 2.63. The van der Waals surface area contributed by atoms with Crippen molar-refractivity contribution in [3.63, 3.8) is 0 Å². The van der Waals surface area contributed by atoms with Crippen molar-refractivity contribution in [2.24, 2.45) is 0 Å². The fraction of sp³-hybridized carbons (Fsp3) is 0.500. The number of benzene rings is 1. The van der Waals surface area contributed by atoms with E-state index < -0.39 is 60.2 Å². The Labute approximate surface area is 194 Å². The third-order valence-electron chi connectivity index (χ3n) is 5.11. The van der Waals surface area contributed by atoms with Crippen LogP contribution in [0.1, 0.15) is 39.5 Å². The first kappa shape index (κ1) is 25.0. The molecule has 1 amide bonds. The van der Waals surface area contributed by atoms with Crippen LogP contribution >= 0.6 is 0 Å². The highest BCUT2D eigenvalue weighted by Crippen LogP contribution is 2.34. The molecule has 0 spiro atoms. The summed E-state index contributed by atoms with van der Waals surface area (Å²) >= 11 is 0. The number of nitrogens with one attached hydrogen (secondary N) is 1. The maximum absolute atomic E-state index is 12.9. The van der Waals surface area contributed by atoms with Crippen molar-refractivity contribution in [1.82, 2.24) is 9.88 Å². The number of amides is 1. The van der Waals surface area contributed by atoms with Gasteiger partial charge in [-0.05, 0) is 24.6 Å². The van der Waals surface area contributed by atoms with Gasteiger partial charge in [-0.1, -0.05) is 6.07 Å². The summed E-state index contributed by atoms with van der Waals surface area (Å²) < 4.78 is 28.5. The third kappa shape index (κ3) is 5.45. The van der Waals surface area contributed by atoms with Gasteiger partial charge < -0.3 is 28.7 Å². The molecule has 184 valence electrons. The average Bonchev–Trinajstić information content (AvgIpc) is 3.03. The minimum atomic E-state index is -1.29. The van der Waals surface area contributed by atoms with Gasteiger partial charge in [0.25, 0.3) is 0 Å². The Balaban J connectivity index is 2.19. The van der Waals surface area contributed by atoms with Gasteiger partial charge in [0, 0.05) is 27.7 Å². The zero-order valence-corrected chi connectivity index (χ0v) is 19.4. The number of hydrogen-bond donors (Lipinski definition) is 1. The largest absolute Gasteiger partial charge is 0.463 e. The molecular weight excluding hydrogens is 452 g/mol. The lowest BCUT2D eigenvalue weighted by Crippen LogP contribution is -2.64. The van der Waals surface area contributed by atoms with Crippen LogP contribution in [-0.2, 0) is 38.1 Å². The van der Waals surface area contributed by atoms with Crippen LogP contribution in [0.5, 0.6) is 0 Å². The van der Waals surface area contributed by atoms with Gasteiger partial charge >= 0.3 is 23.7 Å². The van der Waals surface area contributed by atoms with E-state index in [1.165, 1.54) is 18.4 Å². The van der Waals surface area contributed by atoms with Crippen molar-refractivity contribution in [3.8, 4) is 0 Å². The predicted molar refractivity (Wildman–Crippen MR) is 114 cm³/mol. The zero-order chi connectivity index (χ0) is 25.2. The maximum atomic E-state index is 12.9. The van der Waals surface area contributed by atoms with Gasteiger partial charge in [0.2, 0.25) is 5.91 Å². The van der Waals surface area contributed by atoms with Crippen LogP contribution < -0.4 is 11.1 Å². The molecule has 2 aromatic rings. The summed E-state index contributed by atoms with van der Waals surface area (Å²) in [6.07, 6.45) is -4.96. The van der Waals surface area contributed by atoms with Crippen molar-refractivity contribution in [3.05, 3.63) is 34.3 Å². The number of carbonyl (C=O) groups excluding carboxylic acids is 4. The van der Waals surface area contributed by atoms with Crippen LogP contribution in [0.4, 0.5) is 0 Å². The Morgan fingerprint density at radius 2 is 1.65 bits per heavy atom. The van der Waals surface area contributed by atoms with Gasteiger partial charge in [-0.15, -0.1) is 0 Å². The standard InChI is InChI=1S/C22H26N2O10/c1-10-6-7-16-15(8-10)24(22(29)34-16)21-18(23-11(2)25)20(32-14(5)28)19(31-13(4)27)17(33-21)9-30-12(3)26/h6-8,17-21H,9H2,1-5H3,(H,23,25)/t17-,18+,19+,20+,21+/m1/s1. The summed E-state index contributed by atoms with van der Waals surface area (Å²) in [4.78, 5) is 60.2. The zero-order valence-electron chi connectivity index (χ0n) is 19.4. The molecule has 0 unspecified atom stereocenters. The quantitative estimate of drug-likeness (QED) is 0.464. The molecule has 1 aromatic heterocycles.